The number of carbonyl (C=O) groups is 3. The van der Waals surface area contributed by atoms with Gasteiger partial charge in [0.15, 0.2) is 17.3 Å². The monoisotopic (exact) mass is 512 g/mol. The molecule has 0 amide bonds. The molecule has 3 saturated heterocycles. The van der Waals surface area contributed by atoms with Crippen molar-refractivity contribution in [3.05, 3.63) is 23.8 Å². The molecule has 3 heterocycles. The number of alkyl halides is 1. The summed E-state index contributed by atoms with van der Waals surface area (Å²) in [5.41, 5.74) is -4.25. The first-order chi connectivity index (χ1) is 16.2. The van der Waals surface area contributed by atoms with E-state index in [1.165, 1.54) is 13.8 Å². The van der Waals surface area contributed by atoms with E-state index in [9.17, 15) is 24.6 Å². The second-order valence-corrected chi connectivity index (χ2v) is 10.9. The van der Waals surface area contributed by atoms with Crippen LogP contribution in [0.2, 0.25) is 0 Å². The third kappa shape index (κ3) is 3.49. The molecule has 9 nitrogen and oxygen atoms in total. The van der Waals surface area contributed by atoms with Gasteiger partial charge < -0.3 is 29.2 Å². The van der Waals surface area contributed by atoms with Crippen molar-refractivity contribution in [3.63, 3.8) is 0 Å². The first kappa shape index (κ1) is 26.1. The smallest absolute Gasteiger partial charge is 0.341 e. The highest BCUT2D eigenvalue weighted by Crippen LogP contribution is 2.60. The highest BCUT2D eigenvalue weighted by Gasteiger charge is 2.77. The predicted octanol–water partition coefficient (Wildman–Crippen LogP) is 1.95. The lowest BCUT2D eigenvalue weighted by Gasteiger charge is -2.60. The van der Waals surface area contributed by atoms with Crippen LogP contribution in [0.1, 0.15) is 53.9 Å². The highest BCUT2D eigenvalue weighted by atomic mass is 35.5. The van der Waals surface area contributed by atoms with Gasteiger partial charge in [0.1, 0.15) is 12.2 Å². The van der Waals surface area contributed by atoms with Crippen molar-refractivity contribution in [1.82, 2.24) is 0 Å². The minimum atomic E-state index is -2.24. The fraction of sp³-hybridized carbons (Fsp3) is 0.720. The molecule has 10 heteroatoms. The normalized spacial score (nSPS) is 46.9. The second-order valence-electron chi connectivity index (χ2n) is 10.4. The first-order valence-electron chi connectivity index (χ1n) is 11.9. The van der Waals surface area contributed by atoms with E-state index in [1.807, 2.05) is 6.08 Å². The Kier molecular flexibility index (Phi) is 6.40. The van der Waals surface area contributed by atoms with Gasteiger partial charge in [0.05, 0.1) is 23.0 Å². The van der Waals surface area contributed by atoms with Crippen LogP contribution < -0.4 is 0 Å². The zero-order valence-corrected chi connectivity index (χ0v) is 21.3. The zero-order chi connectivity index (χ0) is 26.1. The third-order valence-corrected chi connectivity index (χ3v) is 8.95. The lowest BCUT2D eigenvalue weighted by atomic mass is 9.54. The Morgan fingerprint density at radius 3 is 2.54 bits per heavy atom. The van der Waals surface area contributed by atoms with Crippen LogP contribution in [0.25, 0.3) is 0 Å². The quantitative estimate of drug-likeness (QED) is 0.252. The molecule has 0 aromatic heterocycles. The summed E-state index contributed by atoms with van der Waals surface area (Å²) in [7, 11) is 0. The second kappa shape index (κ2) is 8.57. The molecule has 194 valence electrons. The van der Waals surface area contributed by atoms with Crippen LogP contribution >= 0.6 is 11.6 Å². The van der Waals surface area contributed by atoms with Crippen LogP contribution in [-0.2, 0) is 33.3 Å². The summed E-state index contributed by atoms with van der Waals surface area (Å²) in [6, 6.07) is 0. The maximum absolute atomic E-state index is 12.8. The maximum Gasteiger partial charge on any atom is 0.341 e. The summed E-state index contributed by atoms with van der Waals surface area (Å²) in [6.07, 6.45) is -2.95. The molecule has 1 spiro atoms. The number of halogens is 1. The first-order valence-corrected chi connectivity index (χ1v) is 12.3. The van der Waals surface area contributed by atoms with E-state index in [-0.39, 0.29) is 12.8 Å². The molecule has 35 heavy (non-hydrogen) atoms. The van der Waals surface area contributed by atoms with Gasteiger partial charge >= 0.3 is 17.9 Å². The van der Waals surface area contributed by atoms with Gasteiger partial charge in [-0.2, -0.15) is 0 Å². The van der Waals surface area contributed by atoms with Crippen molar-refractivity contribution in [2.45, 2.75) is 101 Å². The number of aliphatic hydroxyl groups is 2. The molecule has 3 aliphatic heterocycles. The molecular formula is C25H33ClO9. The van der Waals surface area contributed by atoms with Gasteiger partial charge in [-0.3, -0.25) is 9.59 Å². The van der Waals surface area contributed by atoms with Crippen molar-refractivity contribution in [2.24, 2.45) is 11.3 Å². The number of fused-ring (bicyclic) bond motifs is 2. The molecule has 4 rings (SSSR count). The molecule has 3 fully saturated rings. The van der Waals surface area contributed by atoms with Gasteiger partial charge in [-0.1, -0.05) is 32.1 Å². The van der Waals surface area contributed by atoms with Crippen molar-refractivity contribution in [2.75, 3.05) is 0 Å². The average molecular weight is 513 g/mol. The van der Waals surface area contributed by atoms with Gasteiger partial charge in [-0.25, -0.2) is 4.79 Å². The van der Waals surface area contributed by atoms with Crippen molar-refractivity contribution in [3.8, 4) is 0 Å². The number of esters is 3. The molecule has 0 radical (unpaired) electrons. The van der Waals surface area contributed by atoms with Gasteiger partial charge in [-0.05, 0) is 19.4 Å². The zero-order valence-electron chi connectivity index (χ0n) is 20.6. The Morgan fingerprint density at radius 2 is 1.94 bits per heavy atom. The minimum Gasteiger partial charge on any atom is -0.461 e. The number of hydrogen-bond acceptors (Lipinski definition) is 9. The lowest BCUT2D eigenvalue weighted by Crippen LogP contribution is -2.75. The Balaban J connectivity index is 1.97. The highest BCUT2D eigenvalue weighted by molar-refractivity contribution is 6.23. The van der Waals surface area contributed by atoms with Crippen molar-refractivity contribution < 1.29 is 43.5 Å². The summed E-state index contributed by atoms with van der Waals surface area (Å²) in [4.78, 5) is 37.4. The number of ether oxygens (including phenoxy) is 4. The van der Waals surface area contributed by atoms with E-state index >= 15 is 0 Å². The molecule has 0 aromatic rings. The van der Waals surface area contributed by atoms with Crippen LogP contribution in [0.15, 0.2) is 23.8 Å². The Labute approximate surface area is 209 Å². The molecule has 0 saturated carbocycles. The largest absolute Gasteiger partial charge is 0.461 e. The average Bonchev–Trinajstić information content (AvgIpc) is 2.98. The van der Waals surface area contributed by atoms with E-state index in [0.29, 0.717) is 17.6 Å². The summed E-state index contributed by atoms with van der Waals surface area (Å²) < 4.78 is 23.5. The molecule has 4 aliphatic rings. The van der Waals surface area contributed by atoms with Gasteiger partial charge in [0.2, 0.25) is 0 Å². The molecule has 2 bridgehead atoms. The summed E-state index contributed by atoms with van der Waals surface area (Å²) in [5.74, 6) is -2.81. The Morgan fingerprint density at radius 1 is 1.29 bits per heavy atom. The van der Waals surface area contributed by atoms with Gasteiger partial charge in [-0.15, -0.1) is 11.6 Å². The van der Waals surface area contributed by atoms with Crippen LogP contribution in [0.4, 0.5) is 0 Å². The van der Waals surface area contributed by atoms with E-state index in [2.05, 4.69) is 6.58 Å². The topological polar surface area (TPSA) is 129 Å². The molecule has 0 aromatic carbocycles. The maximum atomic E-state index is 12.8. The summed E-state index contributed by atoms with van der Waals surface area (Å²) in [6.45, 7) is 11.8. The number of hydrogen-bond donors (Lipinski definition) is 2. The Bertz CT molecular complexity index is 989. The molecule has 2 N–H and O–H groups in total. The summed E-state index contributed by atoms with van der Waals surface area (Å²) >= 11 is 6.70. The van der Waals surface area contributed by atoms with Gasteiger partial charge in [0.25, 0.3) is 0 Å². The fourth-order valence-electron chi connectivity index (χ4n) is 6.47. The van der Waals surface area contributed by atoms with Crippen LogP contribution in [0.3, 0.4) is 0 Å². The van der Waals surface area contributed by atoms with E-state index < -0.39 is 76.3 Å². The lowest BCUT2D eigenvalue weighted by molar-refractivity contribution is -0.286. The van der Waals surface area contributed by atoms with Crippen LogP contribution in [0.5, 0.6) is 0 Å². The summed E-state index contributed by atoms with van der Waals surface area (Å²) in [5, 5.41) is 22.6. The van der Waals surface area contributed by atoms with Crippen molar-refractivity contribution >= 4 is 29.5 Å². The number of rotatable bonds is 3. The molecular weight excluding hydrogens is 480 g/mol. The Hall–Kier alpha value is -1.94. The molecule has 1 unspecified atom stereocenters. The standard InChI is InChI=1S/C25H33ClO9/c1-7-17(28)33-16-10-14-12(3)19(26)21-25(35-14,24(6,31)22(30)34-21)20(29)18-11(2)8-9-15(23(16,18)5)32-13(4)27/h8,14-16,18-21,29,31H,3,7,9-10H2,1-2,4-6H3/t14?,15-,16-,18+,19-,20-,21-,23+,24+,25+/m0/s1. The predicted molar refractivity (Wildman–Crippen MR) is 123 cm³/mol. The SMILES string of the molecule is C=C1C2C[C@H](OC(=O)CC)[C@@]3(C)[C@@H](OC(C)=O)CC=C(C)[C@@H]3[C@H](O)[C@@]3(O2)[C@@H](OC(=O)[C@@]3(C)O)[C@H]1Cl. The number of aliphatic hydroxyl groups excluding tert-OH is 1. The van der Waals surface area contributed by atoms with E-state index in [4.69, 9.17) is 30.5 Å². The van der Waals surface area contributed by atoms with Crippen LogP contribution in [-0.4, -0.2) is 75.2 Å². The molecule has 1 aliphatic carbocycles. The fourth-order valence-corrected chi connectivity index (χ4v) is 6.85. The van der Waals surface area contributed by atoms with Gasteiger partial charge in [0, 0.05) is 32.1 Å². The van der Waals surface area contributed by atoms with Crippen molar-refractivity contribution in [1.29, 1.82) is 0 Å². The minimum absolute atomic E-state index is 0.0668. The third-order valence-electron chi connectivity index (χ3n) is 8.44. The van der Waals surface area contributed by atoms with Crippen LogP contribution in [0, 0.1) is 11.3 Å². The molecule has 10 atom stereocenters. The number of carbonyl (C=O) groups excluding carboxylic acids is 3. The van der Waals surface area contributed by atoms with E-state index in [0.717, 1.165) is 0 Å². The van der Waals surface area contributed by atoms with E-state index in [1.54, 1.807) is 20.8 Å².